The topological polar surface area (TPSA) is 146 Å². The molecular formula is C15H17N7O3S. The summed E-state index contributed by atoms with van der Waals surface area (Å²) in [5.41, 5.74) is 0.799. The van der Waals surface area contributed by atoms with Crippen LogP contribution >= 0.6 is 0 Å². The Balaban J connectivity index is 1.63. The quantitative estimate of drug-likeness (QED) is 0.597. The van der Waals surface area contributed by atoms with E-state index >= 15 is 0 Å². The number of aromatic amines is 1. The van der Waals surface area contributed by atoms with Crippen LogP contribution in [0.4, 0.5) is 5.69 Å². The average Bonchev–Trinajstić information content (AvgIpc) is 3.35. The summed E-state index contributed by atoms with van der Waals surface area (Å²) in [5, 5.41) is 25.1. The van der Waals surface area contributed by atoms with E-state index in [9.17, 15) is 8.42 Å². The molecule has 136 valence electrons. The summed E-state index contributed by atoms with van der Waals surface area (Å²) in [6.45, 7) is 0.941. The predicted octanol–water partition coefficient (Wildman–Crippen LogP) is 0.634. The van der Waals surface area contributed by atoms with E-state index in [-0.39, 0.29) is 28.9 Å². The van der Waals surface area contributed by atoms with Crippen molar-refractivity contribution in [2.24, 2.45) is 0 Å². The molecule has 10 nitrogen and oxygen atoms in total. The Kier molecular flexibility index (Phi) is 5.57. The second kappa shape index (κ2) is 8.05. The molecule has 1 fully saturated rings. The van der Waals surface area contributed by atoms with Crippen molar-refractivity contribution in [2.45, 2.75) is 23.8 Å². The van der Waals surface area contributed by atoms with Crippen molar-refractivity contribution in [3.05, 3.63) is 36.3 Å². The van der Waals surface area contributed by atoms with Crippen molar-refractivity contribution in [3.63, 3.8) is 0 Å². The largest absolute Gasteiger partial charge is 0.377 e. The second-order valence-corrected chi connectivity index (χ2v) is 7.33. The summed E-state index contributed by atoms with van der Waals surface area (Å²) in [6, 6.07) is 8.11. The van der Waals surface area contributed by atoms with Gasteiger partial charge in [0, 0.05) is 25.0 Å². The molecule has 2 aromatic rings. The number of anilines is 1. The summed E-state index contributed by atoms with van der Waals surface area (Å²) >= 11 is 0. The summed E-state index contributed by atoms with van der Waals surface area (Å²) < 4.78 is 32.6. The number of nitrogens with zero attached hydrogens (tertiary/aromatic N) is 4. The molecule has 0 aliphatic carbocycles. The Morgan fingerprint density at radius 2 is 2.23 bits per heavy atom. The molecule has 1 aliphatic heterocycles. The van der Waals surface area contributed by atoms with Crippen LogP contribution in [0.25, 0.3) is 5.57 Å². The molecule has 11 heteroatoms. The Labute approximate surface area is 150 Å². The molecule has 0 radical (unpaired) electrons. The third-order valence-corrected chi connectivity index (χ3v) is 5.22. The van der Waals surface area contributed by atoms with Crippen LogP contribution in [0.3, 0.4) is 0 Å². The van der Waals surface area contributed by atoms with Crippen LogP contribution in [0, 0.1) is 11.3 Å². The number of aromatic nitrogens is 4. The standard InChI is InChI=1S/C15H17N7O3S/c16-8-11(15-19-21-22-20-15)9-17-12-3-5-14(6-4-12)26(23,24)18-10-13-2-1-7-25-13/h3-6,9,13,17-18H,1-2,7,10H2,(H,19,20,21,22). The van der Waals surface area contributed by atoms with E-state index in [0.717, 1.165) is 12.8 Å². The van der Waals surface area contributed by atoms with Crippen LogP contribution in [0.15, 0.2) is 35.4 Å². The summed E-state index contributed by atoms with van der Waals surface area (Å²) in [7, 11) is -3.59. The fourth-order valence-electron chi connectivity index (χ4n) is 2.40. The normalized spacial score (nSPS) is 17.8. The van der Waals surface area contributed by atoms with Gasteiger partial charge in [-0.25, -0.2) is 13.1 Å². The van der Waals surface area contributed by atoms with Gasteiger partial charge in [-0.3, -0.25) is 0 Å². The van der Waals surface area contributed by atoms with Gasteiger partial charge in [-0.05, 0) is 42.3 Å². The van der Waals surface area contributed by atoms with Gasteiger partial charge in [-0.1, -0.05) is 0 Å². The zero-order valence-electron chi connectivity index (χ0n) is 13.7. The minimum Gasteiger partial charge on any atom is -0.377 e. The number of allylic oxidation sites excluding steroid dienone is 1. The summed E-state index contributed by atoms with van der Waals surface area (Å²) in [6.07, 6.45) is 3.17. The van der Waals surface area contributed by atoms with E-state index < -0.39 is 10.0 Å². The predicted molar refractivity (Wildman–Crippen MR) is 92.0 cm³/mol. The van der Waals surface area contributed by atoms with E-state index in [2.05, 4.69) is 30.7 Å². The molecule has 3 N–H and O–H groups in total. The molecule has 26 heavy (non-hydrogen) atoms. The molecule has 1 aliphatic rings. The van der Waals surface area contributed by atoms with E-state index in [1.165, 1.54) is 18.3 Å². The van der Waals surface area contributed by atoms with Crippen molar-refractivity contribution in [2.75, 3.05) is 18.5 Å². The summed E-state index contributed by atoms with van der Waals surface area (Å²) in [5.74, 6) is 0.164. The number of H-pyrrole nitrogens is 1. The molecule has 0 bridgehead atoms. The lowest BCUT2D eigenvalue weighted by molar-refractivity contribution is 0.114. The molecule has 1 aromatic heterocycles. The van der Waals surface area contributed by atoms with Crippen molar-refractivity contribution in [3.8, 4) is 6.07 Å². The van der Waals surface area contributed by atoms with Crippen LogP contribution in [0.1, 0.15) is 18.7 Å². The van der Waals surface area contributed by atoms with Gasteiger partial charge in [0.1, 0.15) is 11.6 Å². The molecule has 1 unspecified atom stereocenters. The molecule has 0 amide bonds. The third-order valence-electron chi connectivity index (χ3n) is 3.78. The van der Waals surface area contributed by atoms with Gasteiger partial charge in [-0.15, -0.1) is 10.2 Å². The molecule has 0 saturated carbocycles. The van der Waals surface area contributed by atoms with E-state index in [4.69, 9.17) is 10.00 Å². The van der Waals surface area contributed by atoms with Gasteiger partial charge in [0.2, 0.25) is 15.8 Å². The number of rotatable bonds is 7. The van der Waals surface area contributed by atoms with Crippen molar-refractivity contribution >= 4 is 21.3 Å². The lowest BCUT2D eigenvalue weighted by Gasteiger charge is -2.11. The molecule has 1 aromatic carbocycles. The highest BCUT2D eigenvalue weighted by molar-refractivity contribution is 7.89. The number of ether oxygens (including phenoxy) is 1. The van der Waals surface area contributed by atoms with Gasteiger partial charge < -0.3 is 10.1 Å². The van der Waals surface area contributed by atoms with Crippen molar-refractivity contribution in [1.29, 1.82) is 5.26 Å². The number of hydrogen-bond acceptors (Lipinski definition) is 8. The van der Waals surface area contributed by atoms with Gasteiger partial charge in [0.25, 0.3) is 0 Å². The molecule has 1 atom stereocenters. The minimum atomic E-state index is -3.59. The Bertz CT molecular complexity index is 896. The fourth-order valence-corrected chi connectivity index (χ4v) is 3.47. The molecule has 1 saturated heterocycles. The highest BCUT2D eigenvalue weighted by atomic mass is 32.2. The van der Waals surface area contributed by atoms with Crippen molar-refractivity contribution < 1.29 is 13.2 Å². The number of nitriles is 1. The van der Waals surface area contributed by atoms with Crippen molar-refractivity contribution in [1.82, 2.24) is 25.3 Å². The monoisotopic (exact) mass is 375 g/mol. The van der Waals surface area contributed by atoms with E-state index in [0.29, 0.717) is 12.3 Å². The lowest BCUT2D eigenvalue weighted by Crippen LogP contribution is -2.31. The maximum atomic E-state index is 12.3. The maximum absolute atomic E-state index is 12.3. The smallest absolute Gasteiger partial charge is 0.240 e. The highest BCUT2D eigenvalue weighted by Gasteiger charge is 2.20. The third kappa shape index (κ3) is 4.42. The maximum Gasteiger partial charge on any atom is 0.240 e. The Hall–Kier alpha value is -2.81. The van der Waals surface area contributed by atoms with Crippen LogP contribution in [-0.4, -0.2) is 48.3 Å². The van der Waals surface area contributed by atoms with Crippen LogP contribution < -0.4 is 10.0 Å². The van der Waals surface area contributed by atoms with Crippen LogP contribution in [-0.2, 0) is 14.8 Å². The number of sulfonamides is 1. The van der Waals surface area contributed by atoms with Gasteiger partial charge in [-0.2, -0.15) is 10.5 Å². The van der Waals surface area contributed by atoms with Crippen LogP contribution in [0.5, 0.6) is 0 Å². The number of nitrogens with one attached hydrogen (secondary N) is 3. The zero-order valence-corrected chi connectivity index (χ0v) is 14.5. The number of tetrazole rings is 1. The molecular weight excluding hydrogens is 358 g/mol. The fraction of sp³-hybridized carbons (Fsp3) is 0.333. The first kappa shape index (κ1) is 18.0. The average molecular weight is 375 g/mol. The SMILES string of the molecule is N#CC(=CNc1ccc(S(=O)(=O)NCC2CCCO2)cc1)c1nn[nH]n1. The molecule has 2 heterocycles. The van der Waals surface area contributed by atoms with Gasteiger partial charge in [0.15, 0.2) is 0 Å². The first-order valence-electron chi connectivity index (χ1n) is 7.90. The molecule has 0 spiro atoms. The van der Waals surface area contributed by atoms with E-state index in [1.807, 2.05) is 6.07 Å². The zero-order chi connectivity index (χ0) is 18.4. The lowest BCUT2D eigenvalue weighted by atomic mass is 10.2. The first-order chi connectivity index (χ1) is 12.6. The highest BCUT2D eigenvalue weighted by Crippen LogP contribution is 2.16. The Morgan fingerprint density at radius 1 is 1.42 bits per heavy atom. The van der Waals surface area contributed by atoms with Gasteiger partial charge in [0.05, 0.1) is 11.0 Å². The van der Waals surface area contributed by atoms with Gasteiger partial charge >= 0.3 is 0 Å². The first-order valence-corrected chi connectivity index (χ1v) is 9.39. The Morgan fingerprint density at radius 3 is 2.85 bits per heavy atom. The van der Waals surface area contributed by atoms with Crippen LogP contribution in [0.2, 0.25) is 0 Å². The number of benzene rings is 1. The molecule has 3 rings (SSSR count). The minimum absolute atomic E-state index is 0.0644. The van der Waals surface area contributed by atoms with E-state index in [1.54, 1.807) is 12.1 Å². The number of hydrogen-bond donors (Lipinski definition) is 3. The second-order valence-electron chi connectivity index (χ2n) is 5.56. The summed E-state index contributed by atoms with van der Waals surface area (Å²) in [4.78, 5) is 0.156.